The molecular formula is C16H12O4. The third kappa shape index (κ3) is 2.92. The predicted molar refractivity (Wildman–Crippen MR) is 75.7 cm³/mol. The Morgan fingerprint density at radius 3 is 1.40 bits per heavy atom. The third-order valence-electron chi connectivity index (χ3n) is 2.82. The molecule has 20 heavy (non-hydrogen) atoms. The highest BCUT2D eigenvalue weighted by Crippen LogP contribution is 2.16. The Morgan fingerprint density at radius 1 is 0.700 bits per heavy atom. The van der Waals surface area contributed by atoms with Gasteiger partial charge < -0.3 is 10.2 Å². The van der Waals surface area contributed by atoms with Gasteiger partial charge in [-0.05, 0) is 23.3 Å². The van der Waals surface area contributed by atoms with Crippen molar-refractivity contribution in [3.63, 3.8) is 0 Å². The summed E-state index contributed by atoms with van der Waals surface area (Å²) in [5.41, 5.74) is 1.41. The van der Waals surface area contributed by atoms with E-state index in [9.17, 15) is 9.59 Å². The monoisotopic (exact) mass is 268 g/mol. The summed E-state index contributed by atoms with van der Waals surface area (Å²) < 4.78 is 0. The zero-order valence-electron chi connectivity index (χ0n) is 10.5. The maximum Gasteiger partial charge on any atom is 0.336 e. The molecule has 0 atom stereocenters. The van der Waals surface area contributed by atoms with Crippen LogP contribution in [-0.2, 0) is 0 Å². The normalized spacial score (nSPS) is 10.6. The van der Waals surface area contributed by atoms with Crippen LogP contribution in [0.15, 0.2) is 48.5 Å². The van der Waals surface area contributed by atoms with Crippen LogP contribution in [0.3, 0.4) is 0 Å². The van der Waals surface area contributed by atoms with E-state index in [-0.39, 0.29) is 11.1 Å². The Bertz CT molecular complexity index is 627. The minimum Gasteiger partial charge on any atom is -0.478 e. The molecule has 0 bridgehead atoms. The van der Waals surface area contributed by atoms with Crippen LogP contribution in [0.1, 0.15) is 31.8 Å². The van der Waals surface area contributed by atoms with Crippen molar-refractivity contribution in [2.24, 2.45) is 0 Å². The van der Waals surface area contributed by atoms with Crippen LogP contribution in [0.5, 0.6) is 0 Å². The van der Waals surface area contributed by atoms with E-state index in [1.54, 1.807) is 48.6 Å². The summed E-state index contributed by atoms with van der Waals surface area (Å²) in [7, 11) is 0. The van der Waals surface area contributed by atoms with Crippen molar-refractivity contribution in [1.82, 2.24) is 0 Å². The maximum atomic E-state index is 11.1. The van der Waals surface area contributed by atoms with Gasteiger partial charge in [0.15, 0.2) is 0 Å². The molecular weight excluding hydrogens is 256 g/mol. The van der Waals surface area contributed by atoms with Gasteiger partial charge in [-0.25, -0.2) is 9.59 Å². The second-order valence-electron chi connectivity index (χ2n) is 4.12. The molecule has 2 aromatic carbocycles. The van der Waals surface area contributed by atoms with Gasteiger partial charge in [-0.2, -0.15) is 0 Å². The number of rotatable bonds is 4. The fraction of sp³-hybridized carbons (Fsp3) is 0. The molecule has 4 heteroatoms. The van der Waals surface area contributed by atoms with Crippen molar-refractivity contribution in [3.8, 4) is 0 Å². The first-order valence-electron chi connectivity index (χ1n) is 5.92. The molecule has 2 aromatic rings. The molecule has 0 amide bonds. The zero-order chi connectivity index (χ0) is 14.5. The van der Waals surface area contributed by atoms with E-state index in [2.05, 4.69) is 0 Å². The average molecular weight is 268 g/mol. The lowest BCUT2D eigenvalue weighted by Crippen LogP contribution is -1.99. The van der Waals surface area contributed by atoms with Crippen LogP contribution in [0.25, 0.3) is 12.2 Å². The minimum atomic E-state index is -1.02. The Hall–Kier alpha value is -2.88. The highest BCUT2D eigenvalue weighted by molar-refractivity contribution is 5.96. The van der Waals surface area contributed by atoms with E-state index in [0.717, 1.165) is 0 Å². The molecule has 0 spiro atoms. The molecule has 0 aliphatic rings. The SMILES string of the molecule is O=C(O)c1ccccc1C=Cc1ccccc1C(=O)O. The number of carboxylic acids is 2. The number of hydrogen-bond acceptors (Lipinski definition) is 2. The summed E-state index contributed by atoms with van der Waals surface area (Å²) in [4.78, 5) is 22.2. The number of aromatic carboxylic acids is 2. The average Bonchev–Trinajstić information content (AvgIpc) is 2.45. The zero-order valence-corrected chi connectivity index (χ0v) is 10.5. The van der Waals surface area contributed by atoms with Crippen LogP contribution in [-0.4, -0.2) is 22.2 Å². The Balaban J connectivity index is 2.40. The van der Waals surface area contributed by atoms with Crippen molar-refractivity contribution in [3.05, 3.63) is 70.8 Å². The standard InChI is InChI=1S/C16H12O4/c17-15(18)13-7-3-1-5-11(13)9-10-12-6-2-4-8-14(12)16(19)20/h1-10H,(H,17,18)(H,19,20). The quantitative estimate of drug-likeness (QED) is 0.835. The summed E-state index contributed by atoms with van der Waals surface area (Å²) in [5, 5.41) is 18.2. The molecule has 0 aromatic heterocycles. The number of carbonyl (C=O) groups is 2. The maximum absolute atomic E-state index is 11.1. The molecule has 2 rings (SSSR count). The van der Waals surface area contributed by atoms with Crippen LogP contribution in [0.4, 0.5) is 0 Å². The molecule has 0 unspecified atom stereocenters. The van der Waals surface area contributed by atoms with E-state index < -0.39 is 11.9 Å². The lowest BCUT2D eigenvalue weighted by molar-refractivity contribution is 0.0685. The molecule has 100 valence electrons. The molecule has 0 saturated carbocycles. The highest BCUT2D eigenvalue weighted by Gasteiger charge is 2.08. The summed E-state index contributed by atoms with van der Waals surface area (Å²) in [6.45, 7) is 0. The molecule has 0 radical (unpaired) electrons. The molecule has 0 fully saturated rings. The highest BCUT2D eigenvalue weighted by atomic mass is 16.4. The van der Waals surface area contributed by atoms with Crippen molar-refractivity contribution in [2.75, 3.05) is 0 Å². The van der Waals surface area contributed by atoms with Gasteiger partial charge in [0, 0.05) is 0 Å². The van der Waals surface area contributed by atoms with Gasteiger partial charge in [0.05, 0.1) is 11.1 Å². The second kappa shape index (κ2) is 5.84. The van der Waals surface area contributed by atoms with E-state index in [0.29, 0.717) is 11.1 Å². The summed E-state index contributed by atoms with van der Waals surface area (Å²) >= 11 is 0. The topological polar surface area (TPSA) is 74.6 Å². The molecule has 2 N–H and O–H groups in total. The number of carboxylic acid groups (broad SMARTS) is 2. The van der Waals surface area contributed by atoms with E-state index in [1.807, 2.05) is 0 Å². The number of hydrogen-bond donors (Lipinski definition) is 2. The summed E-state index contributed by atoms with van der Waals surface area (Å²) in [5.74, 6) is -2.03. The Kier molecular flexibility index (Phi) is 3.96. The van der Waals surface area contributed by atoms with Gasteiger partial charge in [0.2, 0.25) is 0 Å². The molecule has 0 heterocycles. The molecule has 0 aliphatic carbocycles. The van der Waals surface area contributed by atoms with Crippen molar-refractivity contribution in [2.45, 2.75) is 0 Å². The van der Waals surface area contributed by atoms with Gasteiger partial charge in [0.1, 0.15) is 0 Å². The summed E-state index contributed by atoms with van der Waals surface area (Å²) in [6.07, 6.45) is 3.20. The minimum absolute atomic E-state index is 0.177. The van der Waals surface area contributed by atoms with Crippen LogP contribution < -0.4 is 0 Å². The largest absolute Gasteiger partial charge is 0.478 e. The first kappa shape index (κ1) is 13.5. The van der Waals surface area contributed by atoms with Gasteiger partial charge in [-0.3, -0.25) is 0 Å². The molecule has 0 saturated heterocycles. The van der Waals surface area contributed by atoms with E-state index in [4.69, 9.17) is 10.2 Å². The lowest BCUT2D eigenvalue weighted by atomic mass is 10.0. The van der Waals surface area contributed by atoms with E-state index >= 15 is 0 Å². The first-order chi connectivity index (χ1) is 9.59. The molecule has 0 aliphatic heterocycles. The fourth-order valence-electron chi connectivity index (χ4n) is 1.85. The van der Waals surface area contributed by atoms with Crippen LogP contribution >= 0.6 is 0 Å². The van der Waals surface area contributed by atoms with Crippen molar-refractivity contribution in [1.29, 1.82) is 0 Å². The van der Waals surface area contributed by atoms with Crippen molar-refractivity contribution >= 4 is 24.1 Å². The predicted octanol–water partition coefficient (Wildman–Crippen LogP) is 3.25. The van der Waals surface area contributed by atoms with Crippen LogP contribution in [0, 0.1) is 0 Å². The van der Waals surface area contributed by atoms with Crippen LogP contribution in [0.2, 0.25) is 0 Å². The smallest absolute Gasteiger partial charge is 0.336 e. The summed E-state index contributed by atoms with van der Waals surface area (Å²) in [6, 6.07) is 13.1. The second-order valence-corrected chi connectivity index (χ2v) is 4.12. The van der Waals surface area contributed by atoms with Gasteiger partial charge in [-0.15, -0.1) is 0 Å². The Labute approximate surface area is 115 Å². The van der Waals surface area contributed by atoms with Crippen molar-refractivity contribution < 1.29 is 19.8 Å². The lowest BCUT2D eigenvalue weighted by Gasteiger charge is -2.02. The van der Waals surface area contributed by atoms with Gasteiger partial charge >= 0.3 is 11.9 Å². The third-order valence-corrected chi connectivity index (χ3v) is 2.82. The Morgan fingerprint density at radius 2 is 1.05 bits per heavy atom. The number of benzene rings is 2. The first-order valence-corrected chi connectivity index (χ1v) is 5.92. The molecule has 4 nitrogen and oxygen atoms in total. The fourth-order valence-corrected chi connectivity index (χ4v) is 1.85. The van der Waals surface area contributed by atoms with Gasteiger partial charge in [-0.1, -0.05) is 48.6 Å². The van der Waals surface area contributed by atoms with E-state index in [1.165, 1.54) is 12.1 Å². The van der Waals surface area contributed by atoms with Gasteiger partial charge in [0.25, 0.3) is 0 Å².